The highest BCUT2D eigenvalue weighted by atomic mass is 19.2. The molecular formula is C46H30F4N4O5. The van der Waals surface area contributed by atoms with Crippen LogP contribution in [0, 0.1) is 23.3 Å². The summed E-state index contributed by atoms with van der Waals surface area (Å²) in [6, 6.07) is 26.2. The summed E-state index contributed by atoms with van der Waals surface area (Å²) in [4.78, 5) is 16.5. The smallest absolute Gasteiger partial charge is 0.204 e. The van der Waals surface area contributed by atoms with Crippen LogP contribution in [0.25, 0.3) is 90.9 Å². The standard InChI is InChI=1S/C46H30F4N4O5/c47-42-41(43(48)45(50)46(44(42)49)59-19-18-55)40-35-16-14-33(53-35)38(24-5-2-8-27(57)21-24)31-12-10-29(51-31)37(23-4-1-7-26(56)20-23)30-11-13-32(52-30)39(34-15-17-36(40)54-34)25-6-3-9-28(58)22-25/h1-17,20-22,51,54-58H,18-19H2. The van der Waals surface area contributed by atoms with E-state index in [-0.39, 0.29) is 39.7 Å². The second-order valence-electron chi connectivity index (χ2n) is 13.7. The summed E-state index contributed by atoms with van der Waals surface area (Å²) in [5.41, 5.74) is 4.29. The Morgan fingerprint density at radius 2 is 0.814 bits per heavy atom. The molecule has 7 aromatic rings. The van der Waals surface area contributed by atoms with Gasteiger partial charge in [-0.1, -0.05) is 36.4 Å². The van der Waals surface area contributed by atoms with Gasteiger partial charge in [0, 0.05) is 44.3 Å². The predicted molar refractivity (Wildman–Crippen MR) is 218 cm³/mol. The lowest BCUT2D eigenvalue weighted by Crippen LogP contribution is -2.09. The number of aromatic amines is 2. The van der Waals surface area contributed by atoms with Crippen LogP contribution in [-0.2, 0) is 0 Å². The van der Waals surface area contributed by atoms with Crippen molar-refractivity contribution in [3.05, 3.63) is 143 Å². The number of H-pyrrole nitrogens is 2. The van der Waals surface area contributed by atoms with E-state index in [1.807, 2.05) is 12.1 Å². The van der Waals surface area contributed by atoms with Crippen molar-refractivity contribution in [2.45, 2.75) is 0 Å². The Labute approximate surface area is 332 Å². The minimum absolute atomic E-state index is 0.00915. The molecule has 9 nitrogen and oxygen atoms in total. The van der Waals surface area contributed by atoms with Gasteiger partial charge in [-0.15, -0.1) is 0 Å². The van der Waals surface area contributed by atoms with Crippen molar-refractivity contribution in [1.29, 1.82) is 0 Å². The number of halogens is 4. The van der Waals surface area contributed by atoms with Crippen LogP contribution < -0.4 is 4.74 Å². The van der Waals surface area contributed by atoms with Gasteiger partial charge >= 0.3 is 0 Å². The van der Waals surface area contributed by atoms with Gasteiger partial charge in [-0.2, -0.15) is 8.78 Å². The first-order chi connectivity index (χ1) is 28.6. The number of aromatic nitrogens is 4. The summed E-state index contributed by atoms with van der Waals surface area (Å²) in [6.45, 7) is -1.29. The molecule has 2 aliphatic rings. The molecule has 0 radical (unpaired) electrons. The molecule has 2 aliphatic heterocycles. The molecule has 292 valence electrons. The van der Waals surface area contributed by atoms with E-state index >= 15 is 17.6 Å². The maximum Gasteiger partial charge on any atom is 0.204 e. The third-order valence-electron chi connectivity index (χ3n) is 9.97. The van der Waals surface area contributed by atoms with Gasteiger partial charge in [0.2, 0.25) is 11.6 Å². The highest BCUT2D eigenvalue weighted by Crippen LogP contribution is 2.42. The molecule has 0 saturated heterocycles. The number of hydrogen-bond acceptors (Lipinski definition) is 7. The average Bonchev–Trinajstić information content (AvgIpc) is 4.06. The van der Waals surface area contributed by atoms with Crippen molar-refractivity contribution >= 4 is 46.4 Å². The van der Waals surface area contributed by atoms with Crippen LogP contribution in [-0.4, -0.2) is 53.6 Å². The molecule has 0 unspecified atom stereocenters. The van der Waals surface area contributed by atoms with Gasteiger partial charge in [-0.05, 0) is 102 Å². The molecule has 4 aromatic carbocycles. The van der Waals surface area contributed by atoms with Gasteiger partial charge in [0.05, 0.1) is 34.9 Å². The number of phenols is 3. The van der Waals surface area contributed by atoms with E-state index in [0.717, 1.165) is 0 Å². The van der Waals surface area contributed by atoms with Crippen molar-refractivity contribution in [2.75, 3.05) is 13.2 Å². The zero-order valence-electron chi connectivity index (χ0n) is 30.6. The van der Waals surface area contributed by atoms with E-state index in [9.17, 15) is 20.4 Å². The SMILES string of the molecule is OCCOc1c(F)c(F)c(-c2c3nc(c(-c4cccc(O)c4)c4ccc([nH]4)c(-c4cccc(O)c4)c4nc(c(-c5cccc(O)c5)c5ccc2[nH]5)C=C4)C=C3)c(F)c1F. The van der Waals surface area contributed by atoms with Crippen LogP contribution in [0.3, 0.4) is 0 Å². The Morgan fingerprint density at radius 3 is 1.17 bits per heavy atom. The lowest BCUT2D eigenvalue weighted by atomic mass is 10.0. The number of nitrogens with zero attached hydrogens (tertiary/aromatic N) is 2. The van der Waals surface area contributed by atoms with Crippen LogP contribution in [0.5, 0.6) is 23.0 Å². The van der Waals surface area contributed by atoms with Gasteiger partial charge in [0.1, 0.15) is 23.9 Å². The Kier molecular flexibility index (Phi) is 9.21. The number of rotatable bonds is 7. The Bertz CT molecular complexity index is 3030. The second-order valence-corrected chi connectivity index (χ2v) is 13.7. The largest absolute Gasteiger partial charge is 0.508 e. The molecule has 0 fully saturated rings. The number of aliphatic hydroxyl groups is 1. The molecule has 3 aromatic heterocycles. The topological polar surface area (TPSA) is 148 Å². The van der Waals surface area contributed by atoms with E-state index in [0.29, 0.717) is 61.3 Å². The number of ether oxygens (including phenoxy) is 1. The predicted octanol–water partition coefficient (Wildman–Crippen LogP) is 10.4. The molecule has 0 spiro atoms. The second kappa shape index (κ2) is 14.7. The van der Waals surface area contributed by atoms with Gasteiger partial charge in [0.15, 0.2) is 17.4 Å². The van der Waals surface area contributed by atoms with Gasteiger partial charge in [-0.25, -0.2) is 18.7 Å². The molecule has 0 amide bonds. The molecule has 59 heavy (non-hydrogen) atoms. The maximum absolute atomic E-state index is 16.3. The van der Waals surface area contributed by atoms with E-state index in [4.69, 9.17) is 14.7 Å². The van der Waals surface area contributed by atoms with Crippen LogP contribution in [0.2, 0.25) is 0 Å². The summed E-state index contributed by atoms with van der Waals surface area (Å²) >= 11 is 0. The fraction of sp³-hybridized carbons (Fsp3) is 0.0435. The van der Waals surface area contributed by atoms with E-state index in [1.165, 1.54) is 36.4 Å². The number of fused-ring (bicyclic) bond motifs is 8. The van der Waals surface area contributed by atoms with E-state index in [2.05, 4.69) is 9.97 Å². The van der Waals surface area contributed by atoms with Crippen molar-refractivity contribution in [1.82, 2.24) is 19.9 Å². The average molecular weight is 795 g/mol. The number of phenolic OH excluding ortho intramolecular Hbond substituents is 3. The van der Waals surface area contributed by atoms with E-state index in [1.54, 1.807) is 72.8 Å². The van der Waals surface area contributed by atoms with Crippen LogP contribution in [0.1, 0.15) is 22.8 Å². The normalized spacial score (nSPS) is 12.0. The van der Waals surface area contributed by atoms with Gasteiger partial charge in [0.25, 0.3) is 0 Å². The zero-order chi connectivity index (χ0) is 40.9. The summed E-state index contributed by atoms with van der Waals surface area (Å²) in [6.07, 6.45) is 6.58. The number of hydrogen-bond donors (Lipinski definition) is 6. The van der Waals surface area contributed by atoms with Crippen molar-refractivity contribution < 1.29 is 42.7 Å². The van der Waals surface area contributed by atoms with Crippen molar-refractivity contribution in [3.8, 4) is 67.5 Å². The summed E-state index contributed by atoms with van der Waals surface area (Å²) in [5, 5.41) is 40.9. The first-order valence-corrected chi connectivity index (χ1v) is 18.2. The van der Waals surface area contributed by atoms with Crippen LogP contribution in [0.4, 0.5) is 17.6 Å². The summed E-state index contributed by atoms with van der Waals surface area (Å²) < 4.78 is 68.9. The number of aromatic hydroxyl groups is 3. The van der Waals surface area contributed by atoms with Crippen molar-refractivity contribution in [2.24, 2.45) is 0 Å². The van der Waals surface area contributed by atoms with Crippen LogP contribution >= 0.6 is 0 Å². The number of benzene rings is 4. The molecule has 8 bridgehead atoms. The van der Waals surface area contributed by atoms with Gasteiger partial charge < -0.3 is 35.1 Å². The molecule has 0 saturated carbocycles. The monoisotopic (exact) mass is 794 g/mol. The highest BCUT2D eigenvalue weighted by Gasteiger charge is 2.30. The molecule has 9 rings (SSSR count). The molecule has 6 N–H and O–H groups in total. The van der Waals surface area contributed by atoms with Gasteiger partial charge in [-0.3, -0.25) is 0 Å². The fourth-order valence-electron chi connectivity index (χ4n) is 7.47. The van der Waals surface area contributed by atoms with Crippen molar-refractivity contribution in [3.63, 3.8) is 0 Å². The molecule has 0 aliphatic carbocycles. The zero-order valence-corrected chi connectivity index (χ0v) is 30.6. The summed E-state index contributed by atoms with van der Waals surface area (Å²) in [5.74, 6) is -8.54. The molecule has 13 heteroatoms. The molecule has 0 atom stereocenters. The first-order valence-electron chi connectivity index (χ1n) is 18.2. The Morgan fingerprint density at radius 1 is 0.458 bits per heavy atom. The molecule has 5 heterocycles. The first kappa shape index (κ1) is 37.0. The number of aliphatic hydroxyl groups excluding tert-OH is 1. The third kappa shape index (κ3) is 6.52. The van der Waals surface area contributed by atoms with E-state index < -0.39 is 47.8 Å². The third-order valence-corrected chi connectivity index (χ3v) is 9.97. The minimum Gasteiger partial charge on any atom is -0.508 e. The minimum atomic E-state index is -1.81. The highest BCUT2D eigenvalue weighted by molar-refractivity contribution is 6.00. The Balaban J connectivity index is 1.49. The Hall–Kier alpha value is -7.64. The number of nitrogens with one attached hydrogen (secondary N) is 2. The lowest BCUT2D eigenvalue weighted by molar-refractivity contribution is 0.187. The fourth-order valence-corrected chi connectivity index (χ4v) is 7.47. The quantitative estimate of drug-likeness (QED) is 0.0695. The maximum atomic E-state index is 16.3. The summed E-state index contributed by atoms with van der Waals surface area (Å²) in [7, 11) is 0. The van der Waals surface area contributed by atoms with Crippen LogP contribution in [0.15, 0.2) is 97.1 Å². The molecular weight excluding hydrogens is 765 g/mol. The lowest BCUT2D eigenvalue weighted by Gasteiger charge is -2.13.